The Morgan fingerprint density at radius 1 is 1.12 bits per heavy atom. The van der Waals surface area contributed by atoms with Gasteiger partial charge in [0.25, 0.3) is 0 Å². The summed E-state index contributed by atoms with van der Waals surface area (Å²) in [5.74, 6) is -5.69. The van der Waals surface area contributed by atoms with Crippen molar-refractivity contribution in [3.05, 3.63) is 12.2 Å². The summed E-state index contributed by atoms with van der Waals surface area (Å²) < 4.78 is 16.5. The third kappa shape index (κ3) is 5.38. The van der Waals surface area contributed by atoms with Gasteiger partial charge in [-0.05, 0) is 13.3 Å². The molecule has 0 amide bonds. The van der Waals surface area contributed by atoms with E-state index in [-0.39, 0.29) is 18.4 Å². The SMILES string of the molecule is C=C1C(=O)O[C@@H]2[C@@H]1[C@H](OC(=O)C(C)C)C(=O)[C@@H](C)C[C@H](O)C[C@](C)(O)[C@H]2OC(=O)C(C)C. The Hall–Kier alpha value is -2.26. The molecule has 2 fully saturated rings. The third-order valence-electron chi connectivity index (χ3n) is 5.97. The Kier molecular flexibility index (Phi) is 7.88. The van der Waals surface area contributed by atoms with Gasteiger partial charge in [0.1, 0.15) is 5.60 Å². The lowest BCUT2D eigenvalue weighted by molar-refractivity contribution is -0.199. The molecule has 0 unspecified atom stereocenters. The first-order valence-corrected chi connectivity index (χ1v) is 10.9. The van der Waals surface area contributed by atoms with Gasteiger partial charge in [0.15, 0.2) is 24.1 Å². The van der Waals surface area contributed by atoms with Gasteiger partial charge in [0.2, 0.25) is 0 Å². The van der Waals surface area contributed by atoms with E-state index < -0.39 is 77.4 Å². The molecule has 7 atom stereocenters. The van der Waals surface area contributed by atoms with Crippen molar-refractivity contribution in [3.63, 3.8) is 0 Å². The van der Waals surface area contributed by atoms with Crippen molar-refractivity contribution in [2.45, 2.75) is 84.4 Å². The van der Waals surface area contributed by atoms with Gasteiger partial charge in [-0.25, -0.2) is 4.79 Å². The predicted molar refractivity (Wildman–Crippen MR) is 112 cm³/mol. The lowest BCUT2D eigenvalue weighted by Crippen LogP contribution is -2.57. The lowest BCUT2D eigenvalue weighted by atomic mass is 9.75. The zero-order valence-corrected chi connectivity index (χ0v) is 19.5. The molecule has 0 bridgehead atoms. The van der Waals surface area contributed by atoms with Crippen LogP contribution < -0.4 is 0 Å². The summed E-state index contributed by atoms with van der Waals surface area (Å²) in [4.78, 5) is 50.6. The van der Waals surface area contributed by atoms with Crippen LogP contribution >= 0.6 is 0 Å². The number of aliphatic hydroxyl groups excluding tert-OH is 1. The summed E-state index contributed by atoms with van der Waals surface area (Å²) in [6, 6.07) is 0. The highest BCUT2D eigenvalue weighted by Gasteiger charge is 2.57. The van der Waals surface area contributed by atoms with Crippen LogP contribution in [0.3, 0.4) is 0 Å². The lowest BCUT2D eigenvalue weighted by Gasteiger charge is -2.41. The Balaban J connectivity index is 2.63. The Morgan fingerprint density at radius 3 is 2.19 bits per heavy atom. The fourth-order valence-corrected chi connectivity index (χ4v) is 4.07. The molecule has 0 aromatic rings. The number of hydrogen-bond donors (Lipinski definition) is 2. The molecule has 1 saturated heterocycles. The fraction of sp³-hybridized carbons (Fsp3) is 0.739. The second kappa shape index (κ2) is 9.70. The summed E-state index contributed by atoms with van der Waals surface area (Å²) in [6.45, 7) is 13.1. The van der Waals surface area contributed by atoms with E-state index in [9.17, 15) is 29.4 Å². The Bertz CT molecular complexity index is 782. The summed E-state index contributed by atoms with van der Waals surface area (Å²) >= 11 is 0. The summed E-state index contributed by atoms with van der Waals surface area (Å²) in [5.41, 5.74) is -1.93. The molecule has 1 saturated carbocycles. The van der Waals surface area contributed by atoms with Gasteiger partial charge < -0.3 is 24.4 Å². The van der Waals surface area contributed by atoms with E-state index in [0.717, 1.165) is 0 Å². The number of hydrogen-bond acceptors (Lipinski definition) is 9. The standard InChI is InChI=1S/C23H34O9/c1-10(2)20(26)30-17-15-13(6)22(28)31-18(15)19(32-21(27)11(3)4)23(7,29)9-14(24)8-12(5)16(17)25/h10-12,14-15,17-19,24,29H,6,8-9H2,1-5,7H3/t12-,14-,15-,17-,18+,19-,23-/m0/s1. The zero-order chi connectivity index (χ0) is 24.5. The molecule has 1 heterocycles. The highest BCUT2D eigenvalue weighted by Crippen LogP contribution is 2.41. The number of ether oxygens (including phenoxy) is 3. The van der Waals surface area contributed by atoms with E-state index in [2.05, 4.69) is 6.58 Å². The van der Waals surface area contributed by atoms with Crippen LogP contribution in [-0.4, -0.2) is 63.9 Å². The minimum absolute atomic E-state index is 0.0196. The first-order chi connectivity index (χ1) is 14.7. The van der Waals surface area contributed by atoms with Gasteiger partial charge in [-0.2, -0.15) is 0 Å². The van der Waals surface area contributed by atoms with Gasteiger partial charge in [-0.15, -0.1) is 0 Å². The van der Waals surface area contributed by atoms with Crippen molar-refractivity contribution in [2.24, 2.45) is 23.7 Å². The molecule has 0 spiro atoms. The van der Waals surface area contributed by atoms with E-state index in [1.54, 1.807) is 34.6 Å². The molecule has 9 heteroatoms. The Labute approximate surface area is 188 Å². The van der Waals surface area contributed by atoms with Crippen LogP contribution in [0.15, 0.2) is 12.2 Å². The van der Waals surface area contributed by atoms with Crippen LogP contribution in [0.1, 0.15) is 54.4 Å². The quantitative estimate of drug-likeness (QED) is 0.366. The third-order valence-corrected chi connectivity index (χ3v) is 5.97. The van der Waals surface area contributed by atoms with Crippen LogP contribution in [0.2, 0.25) is 0 Å². The van der Waals surface area contributed by atoms with Crippen molar-refractivity contribution < 1.29 is 43.6 Å². The number of esters is 3. The van der Waals surface area contributed by atoms with Crippen LogP contribution in [-0.2, 0) is 33.4 Å². The maximum absolute atomic E-state index is 13.3. The van der Waals surface area contributed by atoms with E-state index >= 15 is 0 Å². The van der Waals surface area contributed by atoms with E-state index in [4.69, 9.17) is 14.2 Å². The summed E-state index contributed by atoms with van der Waals surface area (Å²) in [7, 11) is 0. The molecule has 2 rings (SSSR count). The number of aliphatic hydroxyl groups is 2. The van der Waals surface area contributed by atoms with Crippen LogP contribution in [0.5, 0.6) is 0 Å². The van der Waals surface area contributed by atoms with Gasteiger partial charge in [-0.1, -0.05) is 41.2 Å². The maximum atomic E-state index is 13.3. The second-order valence-electron chi connectivity index (χ2n) is 9.70. The van der Waals surface area contributed by atoms with Crippen molar-refractivity contribution >= 4 is 23.7 Å². The molecule has 2 aliphatic rings. The number of rotatable bonds is 4. The number of carbonyl (C=O) groups excluding carboxylic acids is 4. The monoisotopic (exact) mass is 454 g/mol. The molecule has 180 valence electrons. The zero-order valence-electron chi connectivity index (χ0n) is 19.5. The van der Waals surface area contributed by atoms with E-state index in [0.29, 0.717) is 0 Å². The molecular weight excluding hydrogens is 420 g/mol. The molecule has 1 aliphatic carbocycles. The molecule has 32 heavy (non-hydrogen) atoms. The van der Waals surface area contributed by atoms with Gasteiger partial charge in [-0.3, -0.25) is 14.4 Å². The molecule has 0 aromatic heterocycles. The maximum Gasteiger partial charge on any atom is 0.334 e. The number of fused-ring (bicyclic) bond motifs is 1. The van der Waals surface area contributed by atoms with Crippen molar-refractivity contribution in [1.82, 2.24) is 0 Å². The molecule has 2 N–H and O–H groups in total. The van der Waals surface area contributed by atoms with Crippen molar-refractivity contribution in [2.75, 3.05) is 0 Å². The topological polar surface area (TPSA) is 136 Å². The number of ketones is 1. The summed E-state index contributed by atoms with van der Waals surface area (Å²) in [6.07, 6.45) is -5.59. The van der Waals surface area contributed by atoms with Crippen LogP contribution in [0.4, 0.5) is 0 Å². The average Bonchev–Trinajstić information content (AvgIpc) is 2.95. The highest BCUT2D eigenvalue weighted by atomic mass is 16.6. The number of carbonyl (C=O) groups is 4. The van der Waals surface area contributed by atoms with Crippen LogP contribution in [0.25, 0.3) is 0 Å². The van der Waals surface area contributed by atoms with Crippen LogP contribution in [0, 0.1) is 23.7 Å². The number of Topliss-reactive ketones (excluding diaryl/α,β-unsaturated/α-hetero) is 1. The minimum atomic E-state index is -1.81. The normalized spacial score (nSPS) is 36.0. The Morgan fingerprint density at radius 2 is 1.66 bits per heavy atom. The first kappa shape index (κ1) is 26.0. The van der Waals surface area contributed by atoms with Gasteiger partial charge >= 0.3 is 17.9 Å². The van der Waals surface area contributed by atoms with Crippen molar-refractivity contribution in [1.29, 1.82) is 0 Å². The van der Waals surface area contributed by atoms with Gasteiger partial charge in [0, 0.05) is 17.9 Å². The molecule has 9 nitrogen and oxygen atoms in total. The smallest absolute Gasteiger partial charge is 0.334 e. The predicted octanol–water partition coefficient (Wildman–Crippen LogP) is 1.33. The van der Waals surface area contributed by atoms with E-state index in [1.807, 2.05) is 0 Å². The highest BCUT2D eigenvalue weighted by molar-refractivity contribution is 5.95. The molecule has 1 aliphatic heterocycles. The summed E-state index contributed by atoms with van der Waals surface area (Å²) in [5, 5.41) is 21.8. The first-order valence-electron chi connectivity index (χ1n) is 10.9. The van der Waals surface area contributed by atoms with E-state index in [1.165, 1.54) is 6.92 Å². The fourth-order valence-electron chi connectivity index (χ4n) is 4.07. The second-order valence-corrected chi connectivity index (χ2v) is 9.70. The molecule has 0 aromatic carbocycles. The van der Waals surface area contributed by atoms with Gasteiger partial charge in [0.05, 0.1) is 23.9 Å². The van der Waals surface area contributed by atoms with Crippen molar-refractivity contribution in [3.8, 4) is 0 Å². The molecular formula is C23H34O9. The minimum Gasteiger partial charge on any atom is -0.455 e. The molecule has 0 radical (unpaired) electrons. The average molecular weight is 455 g/mol. The largest absolute Gasteiger partial charge is 0.455 e.